The maximum atomic E-state index is 5.38. The van der Waals surface area contributed by atoms with Crippen molar-refractivity contribution < 1.29 is 14.2 Å². The van der Waals surface area contributed by atoms with Crippen molar-refractivity contribution in [2.24, 2.45) is 5.92 Å². The van der Waals surface area contributed by atoms with E-state index in [2.05, 4.69) is 12.2 Å². The first-order chi connectivity index (χ1) is 9.31. The predicted molar refractivity (Wildman–Crippen MR) is 78.4 cm³/mol. The first-order valence-electron chi connectivity index (χ1n) is 7.53. The molecule has 2 aliphatic carbocycles. The Morgan fingerprint density at radius 2 is 1.74 bits per heavy atom. The zero-order chi connectivity index (χ0) is 13.9. The van der Waals surface area contributed by atoms with Crippen LogP contribution in [0.4, 0.5) is 0 Å². The average molecular weight is 270 g/mol. The minimum atomic E-state index is 0.406. The molecule has 0 N–H and O–H groups in total. The van der Waals surface area contributed by atoms with E-state index in [0.29, 0.717) is 18.1 Å². The predicted octanol–water partition coefficient (Wildman–Crippen LogP) is 3.58. The van der Waals surface area contributed by atoms with Crippen LogP contribution in [-0.2, 0) is 14.2 Å². The van der Waals surface area contributed by atoms with Gasteiger partial charge in [0.1, 0.15) is 0 Å². The molecule has 0 amide bonds. The Hall–Kier alpha value is -0.380. The highest BCUT2D eigenvalue weighted by molar-refractivity contribution is 4.93. The maximum absolute atomic E-state index is 5.38. The summed E-state index contributed by atoms with van der Waals surface area (Å²) in [5.41, 5.74) is 0. The SMILES string of the molecule is COC1C=CCCC1.COCC1CCCCC1OC. The van der Waals surface area contributed by atoms with Crippen LogP contribution in [-0.4, -0.2) is 40.1 Å². The van der Waals surface area contributed by atoms with E-state index in [-0.39, 0.29) is 0 Å². The van der Waals surface area contributed by atoms with Gasteiger partial charge in [0.2, 0.25) is 0 Å². The van der Waals surface area contributed by atoms with Crippen molar-refractivity contribution in [3.8, 4) is 0 Å². The molecule has 0 bridgehead atoms. The van der Waals surface area contributed by atoms with E-state index >= 15 is 0 Å². The number of hydrogen-bond acceptors (Lipinski definition) is 3. The third kappa shape index (κ3) is 6.55. The monoisotopic (exact) mass is 270 g/mol. The zero-order valence-corrected chi connectivity index (χ0v) is 12.8. The van der Waals surface area contributed by atoms with Crippen molar-refractivity contribution in [2.45, 2.75) is 57.2 Å². The summed E-state index contributed by atoms with van der Waals surface area (Å²) in [6, 6.07) is 0. The fourth-order valence-corrected chi connectivity index (χ4v) is 2.87. The summed E-state index contributed by atoms with van der Waals surface area (Å²) in [6.07, 6.45) is 14.1. The smallest absolute Gasteiger partial charge is 0.0752 e. The summed E-state index contributed by atoms with van der Waals surface area (Å²) in [5, 5.41) is 0. The van der Waals surface area contributed by atoms with Crippen LogP contribution in [0.3, 0.4) is 0 Å². The molecule has 112 valence electrons. The lowest BCUT2D eigenvalue weighted by Crippen LogP contribution is -2.29. The molecular formula is C16H30O3. The van der Waals surface area contributed by atoms with Crippen molar-refractivity contribution in [1.82, 2.24) is 0 Å². The Kier molecular flexibility index (Phi) is 9.14. The molecule has 2 rings (SSSR count). The van der Waals surface area contributed by atoms with Gasteiger partial charge >= 0.3 is 0 Å². The van der Waals surface area contributed by atoms with Crippen LogP contribution in [0.1, 0.15) is 44.9 Å². The van der Waals surface area contributed by atoms with Gasteiger partial charge in [-0.2, -0.15) is 0 Å². The van der Waals surface area contributed by atoms with Gasteiger partial charge in [0.25, 0.3) is 0 Å². The first kappa shape index (κ1) is 16.7. The van der Waals surface area contributed by atoms with E-state index in [1.165, 1.54) is 44.9 Å². The van der Waals surface area contributed by atoms with Crippen LogP contribution >= 0.6 is 0 Å². The van der Waals surface area contributed by atoms with Gasteiger partial charge in [-0.3, -0.25) is 0 Å². The molecule has 0 aliphatic heterocycles. The van der Waals surface area contributed by atoms with E-state index < -0.39 is 0 Å². The zero-order valence-electron chi connectivity index (χ0n) is 12.8. The van der Waals surface area contributed by atoms with Gasteiger partial charge in [0, 0.05) is 27.2 Å². The van der Waals surface area contributed by atoms with Gasteiger partial charge < -0.3 is 14.2 Å². The molecule has 19 heavy (non-hydrogen) atoms. The summed E-state index contributed by atoms with van der Waals surface area (Å²) in [6.45, 7) is 0.860. The minimum absolute atomic E-state index is 0.406. The van der Waals surface area contributed by atoms with Gasteiger partial charge in [-0.05, 0) is 32.1 Å². The summed E-state index contributed by atoms with van der Waals surface area (Å²) in [5.74, 6) is 0.638. The molecule has 2 aliphatic rings. The van der Waals surface area contributed by atoms with Crippen LogP contribution in [0.5, 0.6) is 0 Å². The Morgan fingerprint density at radius 1 is 0.947 bits per heavy atom. The van der Waals surface area contributed by atoms with Crippen molar-refractivity contribution in [1.29, 1.82) is 0 Å². The normalized spacial score (nSPS) is 30.6. The van der Waals surface area contributed by atoms with E-state index in [1.54, 1.807) is 21.3 Å². The van der Waals surface area contributed by atoms with E-state index in [4.69, 9.17) is 14.2 Å². The van der Waals surface area contributed by atoms with Gasteiger partial charge in [0.15, 0.2) is 0 Å². The number of hydrogen-bond donors (Lipinski definition) is 0. The molecule has 0 saturated heterocycles. The highest BCUT2D eigenvalue weighted by atomic mass is 16.5. The molecule has 3 heteroatoms. The Bertz CT molecular complexity index is 238. The van der Waals surface area contributed by atoms with Crippen molar-refractivity contribution in [2.75, 3.05) is 27.9 Å². The fraction of sp³-hybridized carbons (Fsp3) is 0.875. The van der Waals surface area contributed by atoms with Crippen LogP contribution in [0.25, 0.3) is 0 Å². The van der Waals surface area contributed by atoms with Crippen LogP contribution in [0, 0.1) is 5.92 Å². The van der Waals surface area contributed by atoms with E-state index in [9.17, 15) is 0 Å². The quantitative estimate of drug-likeness (QED) is 0.731. The van der Waals surface area contributed by atoms with E-state index in [1.807, 2.05) is 0 Å². The lowest BCUT2D eigenvalue weighted by atomic mass is 9.87. The Morgan fingerprint density at radius 3 is 2.26 bits per heavy atom. The van der Waals surface area contributed by atoms with E-state index in [0.717, 1.165) is 6.61 Å². The third-order valence-corrected chi connectivity index (χ3v) is 4.04. The molecule has 0 aromatic heterocycles. The second-order valence-electron chi connectivity index (χ2n) is 5.41. The van der Waals surface area contributed by atoms with Crippen LogP contribution in [0.15, 0.2) is 12.2 Å². The number of rotatable bonds is 4. The van der Waals surface area contributed by atoms with Gasteiger partial charge in [-0.1, -0.05) is 25.0 Å². The second kappa shape index (κ2) is 10.4. The topological polar surface area (TPSA) is 27.7 Å². The van der Waals surface area contributed by atoms with Crippen molar-refractivity contribution in [3.05, 3.63) is 12.2 Å². The standard InChI is InChI=1S/C9H18O2.C7H12O/c1-10-7-8-5-3-4-6-9(8)11-2;1-8-7-5-3-2-4-6-7/h8-9H,3-7H2,1-2H3;3,5,7H,2,4,6H2,1H3. The Labute approximate surface area is 118 Å². The molecular weight excluding hydrogens is 240 g/mol. The molecule has 1 saturated carbocycles. The molecule has 0 aromatic carbocycles. The highest BCUT2D eigenvalue weighted by Crippen LogP contribution is 2.26. The average Bonchev–Trinajstić information content (AvgIpc) is 2.49. The lowest BCUT2D eigenvalue weighted by Gasteiger charge is -2.29. The molecule has 0 spiro atoms. The maximum Gasteiger partial charge on any atom is 0.0752 e. The summed E-state index contributed by atoms with van der Waals surface area (Å²) >= 11 is 0. The molecule has 0 heterocycles. The lowest BCUT2D eigenvalue weighted by molar-refractivity contribution is -0.00960. The fourth-order valence-electron chi connectivity index (χ4n) is 2.87. The molecule has 3 atom stereocenters. The van der Waals surface area contributed by atoms with Gasteiger partial charge in [-0.25, -0.2) is 0 Å². The third-order valence-electron chi connectivity index (χ3n) is 4.04. The largest absolute Gasteiger partial charge is 0.384 e. The van der Waals surface area contributed by atoms with Gasteiger partial charge in [0.05, 0.1) is 18.8 Å². The van der Waals surface area contributed by atoms with Crippen molar-refractivity contribution >= 4 is 0 Å². The number of allylic oxidation sites excluding steroid dienone is 1. The second-order valence-corrected chi connectivity index (χ2v) is 5.41. The minimum Gasteiger partial charge on any atom is -0.384 e. The summed E-state index contributed by atoms with van der Waals surface area (Å²) in [4.78, 5) is 0. The van der Waals surface area contributed by atoms with Crippen LogP contribution < -0.4 is 0 Å². The van der Waals surface area contributed by atoms with Gasteiger partial charge in [-0.15, -0.1) is 0 Å². The molecule has 1 fully saturated rings. The Balaban J connectivity index is 0.000000200. The number of ether oxygens (including phenoxy) is 3. The summed E-state index contributed by atoms with van der Waals surface area (Å²) in [7, 11) is 5.33. The summed E-state index contributed by atoms with van der Waals surface area (Å²) < 4.78 is 15.6. The first-order valence-corrected chi connectivity index (χ1v) is 7.53. The molecule has 0 aromatic rings. The van der Waals surface area contributed by atoms with Crippen LogP contribution in [0.2, 0.25) is 0 Å². The van der Waals surface area contributed by atoms with Crippen molar-refractivity contribution in [3.63, 3.8) is 0 Å². The molecule has 3 nitrogen and oxygen atoms in total. The number of methoxy groups -OCH3 is 3. The molecule has 0 radical (unpaired) electrons. The highest BCUT2D eigenvalue weighted by Gasteiger charge is 2.24. The molecule has 3 unspecified atom stereocenters.